The number of esters is 1. The summed E-state index contributed by atoms with van der Waals surface area (Å²) >= 11 is 0. The highest BCUT2D eigenvalue weighted by Gasteiger charge is 2.15. The molecule has 0 atom stereocenters. The minimum Gasteiger partial charge on any atom is -0.505 e. The molecule has 0 fully saturated rings. The lowest BCUT2D eigenvalue weighted by Gasteiger charge is -2.03. The van der Waals surface area contributed by atoms with Crippen LogP contribution in [0.3, 0.4) is 0 Å². The van der Waals surface area contributed by atoms with Crippen molar-refractivity contribution >= 4 is 5.97 Å². The van der Waals surface area contributed by atoms with Crippen molar-refractivity contribution in [3.63, 3.8) is 0 Å². The summed E-state index contributed by atoms with van der Waals surface area (Å²) in [4.78, 5) is 14.8. The van der Waals surface area contributed by atoms with Crippen LogP contribution < -0.4 is 0 Å². The van der Waals surface area contributed by atoms with Crippen LogP contribution in [0.15, 0.2) is 12.4 Å². The molecule has 0 bridgehead atoms. The van der Waals surface area contributed by atoms with Crippen molar-refractivity contribution in [3.8, 4) is 11.8 Å². The van der Waals surface area contributed by atoms with E-state index in [1.807, 2.05) is 0 Å². The summed E-state index contributed by atoms with van der Waals surface area (Å²) < 4.78 is 4.68. The van der Waals surface area contributed by atoms with Crippen LogP contribution in [0.4, 0.5) is 0 Å². The molecule has 1 N–H and O–H groups in total. The highest BCUT2D eigenvalue weighted by atomic mass is 16.5. The van der Waals surface area contributed by atoms with Gasteiger partial charge in [0.05, 0.1) is 18.4 Å². The van der Waals surface area contributed by atoms with E-state index in [1.165, 1.54) is 6.20 Å². The molecule has 0 aliphatic heterocycles. The van der Waals surface area contributed by atoms with Crippen molar-refractivity contribution in [3.05, 3.63) is 23.5 Å². The van der Waals surface area contributed by atoms with Crippen molar-refractivity contribution in [2.24, 2.45) is 0 Å². The maximum Gasteiger partial charge on any atom is 0.341 e. The van der Waals surface area contributed by atoms with Crippen molar-refractivity contribution in [1.82, 2.24) is 4.98 Å². The number of carbonyl (C=O) groups excluding carboxylic acids is 1. The van der Waals surface area contributed by atoms with Crippen LogP contribution in [0, 0.1) is 11.3 Å². The Morgan fingerprint density at radius 3 is 3.00 bits per heavy atom. The van der Waals surface area contributed by atoms with Crippen molar-refractivity contribution in [2.75, 3.05) is 6.61 Å². The lowest BCUT2D eigenvalue weighted by molar-refractivity contribution is 0.0525. The molecule has 0 spiro atoms. The minimum atomic E-state index is -0.660. The van der Waals surface area contributed by atoms with Gasteiger partial charge in [-0.25, -0.2) is 4.79 Å². The van der Waals surface area contributed by atoms with Gasteiger partial charge in [0.2, 0.25) is 0 Å². The van der Waals surface area contributed by atoms with Crippen LogP contribution in [-0.2, 0) is 4.74 Å². The quantitative estimate of drug-likeness (QED) is 0.702. The molecule has 1 rings (SSSR count). The number of hydrogen-bond donors (Lipinski definition) is 1. The standard InChI is InChI=1S/C9H8N2O3/c1-2-14-9(13)7-4-11-5-8(12)6(7)3-10/h4-5,12H,2H2,1H3. The van der Waals surface area contributed by atoms with Crippen LogP contribution >= 0.6 is 0 Å². The zero-order chi connectivity index (χ0) is 10.6. The van der Waals surface area contributed by atoms with Crippen LogP contribution in [-0.4, -0.2) is 22.7 Å². The third-order valence-electron chi connectivity index (χ3n) is 1.53. The van der Waals surface area contributed by atoms with E-state index in [9.17, 15) is 9.90 Å². The van der Waals surface area contributed by atoms with Gasteiger partial charge >= 0.3 is 5.97 Å². The normalized spacial score (nSPS) is 9.14. The Kier molecular flexibility index (Phi) is 3.02. The predicted octanol–water partition coefficient (Wildman–Crippen LogP) is 0.836. The van der Waals surface area contributed by atoms with E-state index in [2.05, 4.69) is 9.72 Å². The van der Waals surface area contributed by atoms with E-state index in [0.29, 0.717) is 0 Å². The molecule has 0 saturated heterocycles. The fraction of sp³-hybridized carbons (Fsp3) is 0.222. The van der Waals surface area contributed by atoms with E-state index in [4.69, 9.17) is 5.26 Å². The van der Waals surface area contributed by atoms with Gasteiger partial charge in [-0.2, -0.15) is 5.26 Å². The van der Waals surface area contributed by atoms with E-state index in [0.717, 1.165) is 6.20 Å². The Balaban J connectivity index is 3.15. The summed E-state index contributed by atoms with van der Waals surface area (Å²) in [6, 6.07) is 1.71. The second-order valence-corrected chi connectivity index (χ2v) is 2.41. The van der Waals surface area contributed by atoms with Gasteiger partial charge in [-0.3, -0.25) is 4.98 Å². The lowest BCUT2D eigenvalue weighted by atomic mass is 10.1. The van der Waals surface area contributed by atoms with Crippen LogP contribution in [0.5, 0.6) is 5.75 Å². The summed E-state index contributed by atoms with van der Waals surface area (Å²) in [6.07, 6.45) is 2.29. The topological polar surface area (TPSA) is 83.2 Å². The Hall–Kier alpha value is -2.09. The summed E-state index contributed by atoms with van der Waals surface area (Å²) in [5, 5.41) is 17.9. The molecule has 0 radical (unpaired) electrons. The third-order valence-corrected chi connectivity index (χ3v) is 1.53. The van der Waals surface area contributed by atoms with Gasteiger partial charge in [-0.05, 0) is 6.92 Å². The second-order valence-electron chi connectivity index (χ2n) is 2.41. The highest BCUT2D eigenvalue weighted by molar-refractivity contribution is 5.92. The fourth-order valence-corrected chi connectivity index (χ4v) is 0.931. The van der Waals surface area contributed by atoms with Gasteiger partial charge in [-0.1, -0.05) is 0 Å². The van der Waals surface area contributed by atoms with Gasteiger partial charge in [-0.15, -0.1) is 0 Å². The monoisotopic (exact) mass is 192 g/mol. The van der Waals surface area contributed by atoms with Crippen LogP contribution in [0.25, 0.3) is 0 Å². The van der Waals surface area contributed by atoms with Crippen molar-refractivity contribution in [2.45, 2.75) is 6.92 Å². The molecule has 0 saturated carbocycles. The molecule has 0 amide bonds. The number of rotatable bonds is 2. The molecule has 0 aliphatic rings. The van der Waals surface area contributed by atoms with Gasteiger partial charge in [0.15, 0.2) is 5.75 Å². The number of hydrogen-bond acceptors (Lipinski definition) is 5. The molecular formula is C9H8N2O3. The van der Waals surface area contributed by atoms with E-state index >= 15 is 0 Å². The maximum atomic E-state index is 11.3. The first-order valence-corrected chi connectivity index (χ1v) is 3.94. The molecule has 1 aromatic heterocycles. The molecule has 0 aliphatic carbocycles. The average molecular weight is 192 g/mol. The summed E-state index contributed by atoms with van der Waals surface area (Å²) in [6.45, 7) is 1.86. The Morgan fingerprint density at radius 2 is 2.43 bits per heavy atom. The SMILES string of the molecule is CCOC(=O)c1cncc(O)c1C#N. The molecule has 72 valence electrons. The number of nitrogens with zero attached hydrogens (tertiary/aromatic N) is 2. The zero-order valence-corrected chi connectivity index (χ0v) is 7.52. The summed E-state index contributed by atoms with van der Waals surface area (Å²) in [5.74, 6) is -0.981. The smallest absolute Gasteiger partial charge is 0.341 e. The first-order chi connectivity index (χ1) is 6.70. The minimum absolute atomic E-state index is 0.0191. The molecule has 5 heteroatoms. The highest BCUT2D eigenvalue weighted by Crippen LogP contribution is 2.18. The number of nitriles is 1. The second kappa shape index (κ2) is 4.23. The molecule has 0 unspecified atom stereocenters. The number of aromatic hydroxyl groups is 1. The number of pyridine rings is 1. The number of ether oxygens (including phenoxy) is 1. The number of carbonyl (C=O) groups is 1. The molecule has 1 aromatic rings. The molecule has 14 heavy (non-hydrogen) atoms. The van der Waals surface area contributed by atoms with E-state index < -0.39 is 5.97 Å². The van der Waals surface area contributed by atoms with E-state index in [1.54, 1.807) is 13.0 Å². The average Bonchev–Trinajstić information content (AvgIpc) is 2.17. The summed E-state index contributed by atoms with van der Waals surface area (Å²) in [5.41, 5.74) is -0.132. The predicted molar refractivity (Wildman–Crippen MR) is 46.6 cm³/mol. The van der Waals surface area contributed by atoms with Gasteiger partial charge < -0.3 is 9.84 Å². The van der Waals surface area contributed by atoms with Crippen molar-refractivity contribution < 1.29 is 14.6 Å². The Labute approximate surface area is 80.6 Å². The van der Waals surface area contributed by atoms with Gasteiger partial charge in [0.25, 0.3) is 0 Å². The Morgan fingerprint density at radius 1 is 1.71 bits per heavy atom. The molecule has 1 heterocycles. The lowest BCUT2D eigenvalue weighted by Crippen LogP contribution is -2.07. The number of aromatic nitrogens is 1. The first-order valence-electron chi connectivity index (χ1n) is 3.94. The largest absolute Gasteiger partial charge is 0.505 e. The van der Waals surface area contributed by atoms with Crippen molar-refractivity contribution in [1.29, 1.82) is 5.26 Å². The Bertz CT molecular complexity index is 396. The molecular weight excluding hydrogens is 184 g/mol. The summed E-state index contributed by atoms with van der Waals surface area (Å²) in [7, 11) is 0. The maximum absolute atomic E-state index is 11.3. The van der Waals surface area contributed by atoms with Gasteiger partial charge in [0.1, 0.15) is 11.6 Å². The van der Waals surface area contributed by atoms with Crippen LogP contribution in [0.1, 0.15) is 22.8 Å². The fourth-order valence-electron chi connectivity index (χ4n) is 0.931. The van der Waals surface area contributed by atoms with Gasteiger partial charge in [0, 0.05) is 6.20 Å². The van der Waals surface area contributed by atoms with Crippen LogP contribution in [0.2, 0.25) is 0 Å². The molecule has 0 aromatic carbocycles. The molecule has 5 nitrogen and oxygen atoms in total. The third kappa shape index (κ3) is 1.80. The zero-order valence-electron chi connectivity index (χ0n) is 7.52. The van der Waals surface area contributed by atoms with E-state index in [-0.39, 0.29) is 23.5 Å². The first kappa shape index (κ1) is 9.99.